The van der Waals surface area contributed by atoms with Gasteiger partial charge in [0, 0.05) is 23.9 Å². The fourth-order valence-corrected chi connectivity index (χ4v) is 3.12. The highest BCUT2D eigenvalue weighted by molar-refractivity contribution is 5.32. The SMILES string of the molecule is Cc1cc(C(N)C2CCCc3cccnc32)c(C)nn1. The van der Waals surface area contributed by atoms with Gasteiger partial charge in [-0.1, -0.05) is 6.07 Å². The Bertz CT molecular complexity index is 624. The zero-order valence-corrected chi connectivity index (χ0v) is 12.0. The standard InChI is InChI=1S/C16H20N4/c1-10-9-14(11(2)20-19-10)15(17)13-7-3-5-12-6-4-8-18-16(12)13/h4,6,8-9,13,15H,3,5,7,17H2,1-2H3. The topological polar surface area (TPSA) is 64.7 Å². The third-order valence-corrected chi connectivity index (χ3v) is 4.17. The Balaban J connectivity index is 1.99. The Morgan fingerprint density at radius 2 is 2.15 bits per heavy atom. The van der Waals surface area contributed by atoms with Crippen LogP contribution in [-0.2, 0) is 6.42 Å². The van der Waals surface area contributed by atoms with Gasteiger partial charge in [-0.2, -0.15) is 10.2 Å². The largest absolute Gasteiger partial charge is 0.323 e. The number of aromatic nitrogens is 3. The molecule has 0 bridgehead atoms. The number of nitrogens with zero attached hydrogens (tertiary/aromatic N) is 3. The number of rotatable bonds is 2. The maximum Gasteiger partial charge on any atom is 0.0648 e. The van der Waals surface area contributed by atoms with E-state index in [0.29, 0.717) is 0 Å². The van der Waals surface area contributed by atoms with Crippen molar-refractivity contribution in [2.24, 2.45) is 5.73 Å². The summed E-state index contributed by atoms with van der Waals surface area (Å²) in [5, 5.41) is 8.29. The molecule has 0 aliphatic heterocycles. The zero-order chi connectivity index (χ0) is 14.1. The van der Waals surface area contributed by atoms with Crippen molar-refractivity contribution in [1.29, 1.82) is 0 Å². The van der Waals surface area contributed by atoms with E-state index in [1.165, 1.54) is 17.7 Å². The van der Waals surface area contributed by atoms with Crippen LogP contribution in [0.4, 0.5) is 0 Å². The molecule has 2 heterocycles. The van der Waals surface area contributed by atoms with E-state index < -0.39 is 0 Å². The fraction of sp³-hybridized carbons (Fsp3) is 0.438. The maximum absolute atomic E-state index is 6.55. The third-order valence-electron chi connectivity index (χ3n) is 4.17. The van der Waals surface area contributed by atoms with Crippen LogP contribution in [0.2, 0.25) is 0 Å². The van der Waals surface area contributed by atoms with Gasteiger partial charge in [-0.05, 0) is 56.4 Å². The molecule has 2 N–H and O–H groups in total. The number of pyridine rings is 1. The van der Waals surface area contributed by atoms with Crippen molar-refractivity contribution in [1.82, 2.24) is 15.2 Å². The number of hydrogen-bond acceptors (Lipinski definition) is 4. The zero-order valence-electron chi connectivity index (χ0n) is 12.0. The van der Waals surface area contributed by atoms with Gasteiger partial charge in [0.05, 0.1) is 11.4 Å². The Morgan fingerprint density at radius 1 is 1.30 bits per heavy atom. The molecule has 0 radical (unpaired) electrons. The van der Waals surface area contributed by atoms with Crippen LogP contribution in [-0.4, -0.2) is 15.2 Å². The minimum Gasteiger partial charge on any atom is -0.323 e. The first kappa shape index (κ1) is 13.2. The van der Waals surface area contributed by atoms with E-state index in [2.05, 4.69) is 27.3 Å². The summed E-state index contributed by atoms with van der Waals surface area (Å²) in [6.45, 7) is 3.93. The summed E-state index contributed by atoms with van der Waals surface area (Å²) in [6.07, 6.45) is 5.24. The number of nitrogens with two attached hydrogens (primary N) is 1. The smallest absolute Gasteiger partial charge is 0.0648 e. The molecular weight excluding hydrogens is 248 g/mol. The van der Waals surface area contributed by atoms with E-state index in [1.54, 1.807) is 0 Å². The Kier molecular flexibility index (Phi) is 3.49. The van der Waals surface area contributed by atoms with Gasteiger partial charge in [0.15, 0.2) is 0 Å². The summed E-state index contributed by atoms with van der Waals surface area (Å²) < 4.78 is 0. The van der Waals surface area contributed by atoms with Crippen LogP contribution in [0, 0.1) is 13.8 Å². The molecule has 0 saturated heterocycles. The van der Waals surface area contributed by atoms with Crippen LogP contribution < -0.4 is 5.73 Å². The quantitative estimate of drug-likeness (QED) is 0.909. The maximum atomic E-state index is 6.55. The van der Waals surface area contributed by atoms with Gasteiger partial charge in [0.1, 0.15) is 0 Å². The molecule has 104 valence electrons. The molecule has 20 heavy (non-hydrogen) atoms. The van der Waals surface area contributed by atoms with Crippen LogP contribution in [0.25, 0.3) is 0 Å². The fourth-order valence-electron chi connectivity index (χ4n) is 3.12. The predicted octanol–water partition coefficient (Wildman–Crippen LogP) is 2.61. The average molecular weight is 268 g/mol. The molecule has 0 aromatic carbocycles. The molecule has 2 aromatic rings. The van der Waals surface area contributed by atoms with Crippen molar-refractivity contribution in [2.75, 3.05) is 0 Å². The van der Waals surface area contributed by atoms with E-state index in [-0.39, 0.29) is 12.0 Å². The second-order valence-corrected chi connectivity index (χ2v) is 5.60. The summed E-state index contributed by atoms with van der Waals surface area (Å²) in [4.78, 5) is 4.58. The van der Waals surface area contributed by atoms with Gasteiger partial charge in [0.25, 0.3) is 0 Å². The summed E-state index contributed by atoms with van der Waals surface area (Å²) in [5.41, 5.74) is 12.0. The second kappa shape index (κ2) is 5.29. The first-order valence-corrected chi connectivity index (χ1v) is 7.17. The van der Waals surface area contributed by atoms with Gasteiger partial charge in [0.2, 0.25) is 0 Å². The van der Waals surface area contributed by atoms with E-state index in [9.17, 15) is 0 Å². The van der Waals surface area contributed by atoms with Crippen molar-refractivity contribution < 1.29 is 0 Å². The molecule has 1 aliphatic rings. The number of aryl methyl sites for hydroxylation is 3. The highest BCUT2D eigenvalue weighted by atomic mass is 15.1. The first-order chi connectivity index (χ1) is 9.66. The normalized spacial score (nSPS) is 19.4. The summed E-state index contributed by atoms with van der Waals surface area (Å²) in [5.74, 6) is 0.280. The minimum atomic E-state index is -0.0573. The molecule has 3 rings (SSSR count). The van der Waals surface area contributed by atoms with E-state index >= 15 is 0 Å². The molecule has 0 spiro atoms. The van der Waals surface area contributed by atoms with Crippen LogP contribution >= 0.6 is 0 Å². The molecule has 2 unspecified atom stereocenters. The van der Waals surface area contributed by atoms with Gasteiger partial charge in [-0.3, -0.25) is 4.98 Å². The van der Waals surface area contributed by atoms with Gasteiger partial charge in [-0.15, -0.1) is 0 Å². The van der Waals surface area contributed by atoms with Crippen molar-refractivity contribution >= 4 is 0 Å². The molecule has 0 amide bonds. The molecule has 0 fully saturated rings. The second-order valence-electron chi connectivity index (χ2n) is 5.60. The molecule has 4 heteroatoms. The Labute approximate surface area is 119 Å². The monoisotopic (exact) mass is 268 g/mol. The molecule has 2 aromatic heterocycles. The Hall–Kier alpha value is -1.81. The van der Waals surface area contributed by atoms with Crippen molar-refractivity contribution in [3.8, 4) is 0 Å². The van der Waals surface area contributed by atoms with Crippen molar-refractivity contribution in [3.05, 3.63) is 52.6 Å². The first-order valence-electron chi connectivity index (χ1n) is 7.17. The van der Waals surface area contributed by atoms with Gasteiger partial charge in [-0.25, -0.2) is 0 Å². The summed E-state index contributed by atoms with van der Waals surface area (Å²) in [7, 11) is 0. The molecular formula is C16H20N4. The molecule has 2 atom stereocenters. The van der Waals surface area contributed by atoms with E-state index in [0.717, 1.165) is 29.8 Å². The van der Waals surface area contributed by atoms with Gasteiger partial charge >= 0.3 is 0 Å². The molecule has 4 nitrogen and oxygen atoms in total. The van der Waals surface area contributed by atoms with Crippen LogP contribution in [0.1, 0.15) is 53.0 Å². The third kappa shape index (κ3) is 2.31. The lowest BCUT2D eigenvalue weighted by Gasteiger charge is -2.29. The molecule has 1 aliphatic carbocycles. The number of hydrogen-bond donors (Lipinski definition) is 1. The lowest BCUT2D eigenvalue weighted by molar-refractivity contribution is 0.459. The van der Waals surface area contributed by atoms with Crippen LogP contribution in [0.5, 0.6) is 0 Å². The minimum absolute atomic E-state index is 0.0573. The lowest BCUT2D eigenvalue weighted by Crippen LogP contribution is -2.25. The van der Waals surface area contributed by atoms with Crippen molar-refractivity contribution in [2.45, 2.75) is 45.1 Å². The number of fused-ring (bicyclic) bond motifs is 1. The van der Waals surface area contributed by atoms with Crippen LogP contribution in [0.15, 0.2) is 24.4 Å². The predicted molar refractivity (Wildman–Crippen MR) is 78.4 cm³/mol. The lowest BCUT2D eigenvalue weighted by atomic mass is 9.79. The summed E-state index contributed by atoms with van der Waals surface area (Å²) in [6, 6.07) is 6.18. The molecule has 0 saturated carbocycles. The highest BCUT2D eigenvalue weighted by Gasteiger charge is 2.28. The van der Waals surface area contributed by atoms with E-state index in [4.69, 9.17) is 5.73 Å². The van der Waals surface area contributed by atoms with E-state index in [1.807, 2.05) is 26.1 Å². The van der Waals surface area contributed by atoms with Crippen molar-refractivity contribution in [3.63, 3.8) is 0 Å². The van der Waals surface area contributed by atoms with Gasteiger partial charge < -0.3 is 5.73 Å². The van der Waals surface area contributed by atoms with Crippen LogP contribution in [0.3, 0.4) is 0 Å². The highest BCUT2D eigenvalue weighted by Crippen LogP contribution is 2.38. The Morgan fingerprint density at radius 3 is 3.00 bits per heavy atom. The summed E-state index contributed by atoms with van der Waals surface area (Å²) >= 11 is 0. The average Bonchev–Trinajstić information content (AvgIpc) is 2.48.